The van der Waals surface area contributed by atoms with Crippen molar-refractivity contribution >= 4 is 0 Å². The SMILES string of the molecule is N#CC1CCc2cccc(F)c2C1. The third-order valence-electron chi connectivity index (χ3n) is 2.61. The number of aryl methyl sites for hydroxylation is 1. The first-order chi connectivity index (χ1) is 6.31. The highest BCUT2D eigenvalue weighted by molar-refractivity contribution is 5.32. The van der Waals surface area contributed by atoms with Gasteiger partial charge < -0.3 is 0 Å². The van der Waals surface area contributed by atoms with Gasteiger partial charge in [-0.1, -0.05) is 12.1 Å². The summed E-state index contributed by atoms with van der Waals surface area (Å²) in [5, 5.41) is 8.74. The van der Waals surface area contributed by atoms with Crippen molar-refractivity contribution in [2.24, 2.45) is 5.92 Å². The number of nitrogens with zero attached hydrogens (tertiary/aromatic N) is 1. The van der Waals surface area contributed by atoms with Gasteiger partial charge in [-0.3, -0.25) is 0 Å². The molecule has 13 heavy (non-hydrogen) atoms. The summed E-state index contributed by atoms with van der Waals surface area (Å²) in [5.41, 5.74) is 1.83. The summed E-state index contributed by atoms with van der Waals surface area (Å²) in [6.07, 6.45) is 2.29. The molecule has 0 amide bonds. The fourth-order valence-electron chi connectivity index (χ4n) is 1.85. The van der Waals surface area contributed by atoms with Crippen LogP contribution < -0.4 is 0 Å². The molecule has 1 aliphatic carbocycles. The van der Waals surface area contributed by atoms with Gasteiger partial charge in [0.15, 0.2) is 0 Å². The van der Waals surface area contributed by atoms with Gasteiger partial charge in [0.05, 0.1) is 12.0 Å². The molecule has 0 bridgehead atoms. The lowest BCUT2D eigenvalue weighted by Crippen LogP contribution is -2.13. The zero-order valence-electron chi connectivity index (χ0n) is 7.26. The minimum atomic E-state index is -0.155. The third-order valence-corrected chi connectivity index (χ3v) is 2.61. The topological polar surface area (TPSA) is 23.8 Å². The van der Waals surface area contributed by atoms with E-state index in [4.69, 9.17) is 5.26 Å². The first-order valence-electron chi connectivity index (χ1n) is 4.47. The maximum Gasteiger partial charge on any atom is 0.126 e. The van der Waals surface area contributed by atoms with Gasteiger partial charge in [0.2, 0.25) is 0 Å². The number of halogens is 1. The molecule has 0 saturated carbocycles. The number of hydrogen-bond acceptors (Lipinski definition) is 1. The Hall–Kier alpha value is -1.36. The Morgan fingerprint density at radius 1 is 1.46 bits per heavy atom. The molecule has 0 N–H and O–H groups in total. The molecule has 1 nitrogen and oxygen atoms in total. The summed E-state index contributed by atoms with van der Waals surface area (Å²) in [7, 11) is 0. The molecule has 1 unspecified atom stereocenters. The third kappa shape index (κ3) is 1.42. The fraction of sp³-hybridized carbons (Fsp3) is 0.364. The Morgan fingerprint density at radius 3 is 3.08 bits per heavy atom. The van der Waals surface area contributed by atoms with Crippen LogP contribution in [0.15, 0.2) is 18.2 Å². The first-order valence-corrected chi connectivity index (χ1v) is 4.47. The zero-order valence-corrected chi connectivity index (χ0v) is 7.26. The second-order valence-corrected chi connectivity index (χ2v) is 3.45. The predicted octanol–water partition coefficient (Wildman–Crippen LogP) is 2.45. The van der Waals surface area contributed by atoms with E-state index in [2.05, 4.69) is 6.07 Å². The zero-order chi connectivity index (χ0) is 9.26. The van der Waals surface area contributed by atoms with E-state index < -0.39 is 0 Å². The monoisotopic (exact) mass is 175 g/mol. The standard InChI is InChI=1S/C11H10FN/c12-11-3-1-2-9-5-4-8(7-13)6-10(9)11/h1-3,8H,4-6H2. The molecule has 0 aliphatic heterocycles. The van der Waals surface area contributed by atoms with Crippen LogP contribution in [0, 0.1) is 23.1 Å². The number of hydrogen-bond donors (Lipinski definition) is 0. The summed E-state index contributed by atoms with van der Waals surface area (Å²) >= 11 is 0. The lowest BCUT2D eigenvalue weighted by molar-refractivity contribution is 0.524. The Labute approximate surface area is 76.8 Å². The Balaban J connectivity index is 2.39. The minimum absolute atomic E-state index is 0.00407. The summed E-state index contributed by atoms with van der Waals surface area (Å²) in [4.78, 5) is 0. The Kier molecular flexibility index (Phi) is 2.02. The molecule has 0 heterocycles. The second kappa shape index (κ2) is 3.18. The van der Waals surface area contributed by atoms with Crippen molar-refractivity contribution < 1.29 is 4.39 Å². The summed E-state index contributed by atoms with van der Waals surface area (Å²) in [6.45, 7) is 0. The highest BCUT2D eigenvalue weighted by Gasteiger charge is 2.20. The summed E-state index contributed by atoms with van der Waals surface area (Å²) in [5.74, 6) is -0.151. The average molecular weight is 175 g/mol. The van der Waals surface area contributed by atoms with Gasteiger partial charge in [-0.15, -0.1) is 0 Å². The predicted molar refractivity (Wildman–Crippen MR) is 47.5 cm³/mol. The lowest BCUT2D eigenvalue weighted by Gasteiger charge is -2.19. The van der Waals surface area contributed by atoms with Crippen LogP contribution in [0.4, 0.5) is 4.39 Å². The van der Waals surface area contributed by atoms with Gasteiger partial charge >= 0.3 is 0 Å². The normalized spacial score (nSPS) is 20.5. The molecule has 1 aromatic rings. The van der Waals surface area contributed by atoms with Crippen molar-refractivity contribution in [2.75, 3.05) is 0 Å². The molecule has 0 spiro atoms. The molecule has 66 valence electrons. The van der Waals surface area contributed by atoms with Crippen molar-refractivity contribution in [3.8, 4) is 6.07 Å². The average Bonchev–Trinajstić information content (AvgIpc) is 2.18. The molecular formula is C11H10FN. The molecule has 0 saturated heterocycles. The smallest absolute Gasteiger partial charge is 0.126 e. The van der Waals surface area contributed by atoms with E-state index in [1.165, 1.54) is 6.07 Å². The van der Waals surface area contributed by atoms with Crippen molar-refractivity contribution in [3.63, 3.8) is 0 Å². The highest BCUT2D eigenvalue weighted by Crippen LogP contribution is 2.26. The fourth-order valence-corrected chi connectivity index (χ4v) is 1.85. The van der Waals surface area contributed by atoms with Crippen LogP contribution in [0.3, 0.4) is 0 Å². The van der Waals surface area contributed by atoms with Gasteiger partial charge in [0.25, 0.3) is 0 Å². The molecular weight excluding hydrogens is 165 g/mol. The minimum Gasteiger partial charge on any atom is -0.207 e. The molecule has 1 atom stereocenters. The summed E-state index contributed by atoms with van der Waals surface area (Å²) < 4.78 is 13.3. The van der Waals surface area contributed by atoms with Gasteiger partial charge in [-0.25, -0.2) is 4.39 Å². The Morgan fingerprint density at radius 2 is 2.31 bits per heavy atom. The number of rotatable bonds is 0. The van der Waals surface area contributed by atoms with Crippen molar-refractivity contribution in [2.45, 2.75) is 19.3 Å². The summed E-state index contributed by atoms with van der Waals surface area (Å²) in [6, 6.07) is 7.36. The van der Waals surface area contributed by atoms with E-state index in [0.717, 1.165) is 24.0 Å². The van der Waals surface area contributed by atoms with Gasteiger partial charge in [0, 0.05) is 0 Å². The number of fused-ring (bicyclic) bond motifs is 1. The molecule has 0 aromatic heterocycles. The van der Waals surface area contributed by atoms with Crippen LogP contribution in [-0.4, -0.2) is 0 Å². The molecule has 2 heteroatoms. The van der Waals surface area contributed by atoms with E-state index in [1.807, 2.05) is 6.07 Å². The molecule has 0 fully saturated rings. The lowest BCUT2D eigenvalue weighted by atomic mass is 9.84. The van der Waals surface area contributed by atoms with Gasteiger partial charge in [-0.2, -0.15) is 5.26 Å². The Bertz CT molecular complexity index is 365. The van der Waals surface area contributed by atoms with E-state index in [-0.39, 0.29) is 11.7 Å². The second-order valence-electron chi connectivity index (χ2n) is 3.45. The van der Waals surface area contributed by atoms with Crippen LogP contribution in [0.25, 0.3) is 0 Å². The van der Waals surface area contributed by atoms with Crippen molar-refractivity contribution in [3.05, 3.63) is 35.1 Å². The molecule has 1 aromatic carbocycles. The van der Waals surface area contributed by atoms with E-state index >= 15 is 0 Å². The molecule has 2 rings (SSSR count). The highest BCUT2D eigenvalue weighted by atomic mass is 19.1. The first kappa shape index (κ1) is 8.25. The van der Waals surface area contributed by atoms with E-state index in [9.17, 15) is 4.39 Å². The largest absolute Gasteiger partial charge is 0.207 e. The van der Waals surface area contributed by atoms with E-state index in [0.29, 0.717) is 6.42 Å². The van der Waals surface area contributed by atoms with Crippen LogP contribution >= 0.6 is 0 Å². The van der Waals surface area contributed by atoms with E-state index in [1.54, 1.807) is 6.07 Å². The molecule has 1 aliphatic rings. The molecule has 0 radical (unpaired) electrons. The number of benzene rings is 1. The van der Waals surface area contributed by atoms with Crippen LogP contribution in [0.1, 0.15) is 17.5 Å². The maximum absolute atomic E-state index is 13.3. The quantitative estimate of drug-likeness (QED) is 0.594. The van der Waals surface area contributed by atoms with Gasteiger partial charge in [-0.05, 0) is 36.5 Å². The van der Waals surface area contributed by atoms with Gasteiger partial charge in [0.1, 0.15) is 5.82 Å². The number of nitriles is 1. The van der Waals surface area contributed by atoms with Crippen molar-refractivity contribution in [1.29, 1.82) is 5.26 Å². The van der Waals surface area contributed by atoms with Crippen LogP contribution in [0.2, 0.25) is 0 Å². The van der Waals surface area contributed by atoms with Crippen LogP contribution in [0.5, 0.6) is 0 Å². The van der Waals surface area contributed by atoms with Crippen LogP contribution in [-0.2, 0) is 12.8 Å². The van der Waals surface area contributed by atoms with Crippen molar-refractivity contribution in [1.82, 2.24) is 0 Å². The maximum atomic E-state index is 13.3.